The molecule has 1 rings (SSSR count). The van der Waals surface area contributed by atoms with E-state index >= 15 is 0 Å². The van der Waals surface area contributed by atoms with Crippen LogP contribution in [-0.4, -0.2) is 10.2 Å². The van der Waals surface area contributed by atoms with Crippen molar-refractivity contribution in [2.45, 2.75) is 0 Å². The van der Waals surface area contributed by atoms with Crippen LogP contribution in [-0.2, 0) is 0 Å². The van der Waals surface area contributed by atoms with Gasteiger partial charge in [0.1, 0.15) is 11.6 Å². The molecule has 1 heterocycles. The van der Waals surface area contributed by atoms with Crippen LogP contribution in [0, 0.1) is 17.3 Å². The topological polar surface area (TPSA) is 49.6 Å². The van der Waals surface area contributed by atoms with E-state index in [1.807, 2.05) is 0 Å². The van der Waals surface area contributed by atoms with E-state index < -0.39 is 5.95 Å². The summed E-state index contributed by atoms with van der Waals surface area (Å²) in [5.74, 6) is -0.819. The monoisotopic (exact) mass is 123 g/mol. The lowest BCUT2D eigenvalue weighted by molar-refractivity contribution is 0.559. The first-order valence-electron chi connectivity index (χ1n) is 2.22. The number of hydrogen-bond donors (Lipinski definition) is 0. The van der Waals surface area contributed by atoms with Crippen molar-refractivity contribution >= 4 is 0 Å². The third-order valence-electron chi connectivity index (χ3n) is 0.796. The van der Waals surface area contributed by atoms with Gasteiger partial charge in [0.15, 0.2) is 0 Å². The lowest BCUT2D eigenvalue weighted by Gasteiger charge is -1.84. The van der Waals surface area contributed by atoms with Crippen molar-refractivity contribution in [1.82, 2.24) is 10.2 Å². The quantitative estimate of drug-likeness (QED) is 0.504. The summed E-state index contributed by atoms with van der Waals surface area (Å²) < 4.78 is 12.2. The van der Waals surface area contributed by atoms with Crippen molar-refractivity contribution < 1.29 is 4.39 Å². The van der Waals surface area contributed by atoms with E-state index in [2.05, 4.69) is 10.2 Å². The number of nitriles is 1. The largest absolute Gasteiger partial charge is 0.250 e. The Morgan fingerprint density at radius 3 is 2.89 bits per heavy atom. The summed E-state index contributed by atoms with van der Waals surface area (Å²) in [7, 11) is 0. The maximum atomic E-state index is 12.2. The second kappa shape index (κ2) is 2.18. The van der Waals surface area contributed by atoms with E-state index in [4.69, 9.17) is 5.26 Å². The van der Waals surface area contributed by atoms with Crippen LogP contribution < -0.4 is 0 Å². The van der Waals surface area contributed by atoms with E-state index in [1.54, 1.807) is 6.07 Å². The minimum atomic E-state index is -0.819. The van der Waals surface area contributed by atoms with E-state index in [9.17, 15) is 4.39 Å². The molecule has 0 aromatic carbocycles. The Balaban J connectivity index is 3.20. The van der Waals surface area contributed by atoms with Crippen molar-refractivity contribution in [2.24, 2.45) is 0 Å². The van der Waals surface area contributed by atoms with Crippen molar-refractivity contribution in [3.63, 3.8) is 0 Å². The van der Waals surface area contributed by atoms with Gasteiger partial charge in [-0.1, -0.05) is 0 Å². The lowest BCUT2D eigenvalue weighted by atomic mass is 10.3. The summed E-state index contributed by atoms with van der Waals surface area (Å²) in [5.41, 5.74) is -0.0787. The second-order valence-electron chi connectivity index (χ2n) is 1.35. The maximum absolute atomic E-state index is 12.2. The zero-order valence-electron chi connectivity index (χ0n) is 4.37. The van der Waals surface area contributed by atoms with Gasteiger partial charge >= 0.3 is 0 Å². The van der Waals surface area contributed by atoms with Gasteiger partial charge in [-0.2, -0.15) is 14.8 Å². The molecule has 0 spiro atoms. The molecule has 4 heteroatoms. The fourth-order valence-corrected chi connectivity index (χ4v) is 0.398. The Hall–Kier alpha value is -1.50. The summed E-state index contributed by atoms with van der Waals surface area (Å²) >= 11 is 0. The minimum Gasteiger partial charge on any atom is -0.192 e. The Morgan fingerprint density at radius 2 is 2.44 bits per heavy atom. The summed E-state index contributed by atoms with van der Waals surface area (Å²) in [6, 6.07) is 2.88. The molecule has 0 aliphatic rings. The summed E-state index contributed by atoms with van der Waals surface area (Å²) in [6.07, 6.45) is 1.27. The summed E-state index contributed by atoms with van der Waals surface area (Å²) in [5, 5.41) is 14.4. The van der Waals surface area contributed by atoms with Crippen LogP contribution in [0.4, 0.5) is 4.39 Å². The first-order valence-corrected chi connectivity index (χ1v) is 2.22. The molecule has 44 valence electrons. The van der Waals surface area contributed by atoms with Gasteiger partial charge in [0.25, 0.3) is 5.95 Å². The number of rotatable bonds is 0. The highest BCUT2D eigenvalue weighted by molar-refractivity contribution is 5.23. The number of aromatic nitrogens is 2. The van der Waals surface area contributed by atoms with Gasteiger partial charge in [-0.3, -0.25) is 0 Å². The Bertz CT molecular complexity index is 253. The van der Waals surface area contributed by atoms with Crippen LogP contribution in [0.25, 0.3) is 0 Å². The first-order chi connectivity index (χ1) is 4.34. The van der Waals surface area contributed by atoms with E-state index in [0.29, 0.717) is 0 Å². The zero-order chi connectivity index (χ0) is 6.69. The highest BCUT2D eigenvalue weighted by Gasteiger charge is 1.97. The van der Waals surface area contributed by atoms with E-state index in [-0.39, 0.29) is 5.56 Å². The number of nitrogens with zero attached hydrogens (tertiary/aromatic N) is 3. The number of halogens is 1. The molecule has 0 radical (unpaired) electrons. The Labute approximate surface area is 50.8 Å². The van der Waals surface area contributed by atoms with Crippen molar-refractivity contribution in [3.05, 3.63) is 23.8 Å². The fraction of sp³-hybridized carbons (Fsp3) is 0. The predicted octanol–water partition coefficient (Wildman–Crippen LogP) is 0.487. The molecule has 0 saturated heterocycles. The molecule has 0 fully saturated rings. The second-order valence-corrected chi connectivity index (χ2v) is 1.35. The molecule has 0 aliphatic heterocycles. The molecule has 9 heavy (non-hydrogen) atoms. The normalized spacial score (nSPS) is 8.44. The first kappa shape index (κ1) is 5.63. The van der Waals surface area contributed by atoms with E-state index in [0.717, 1.165) is 0 Å². The highest BCUT2D eigenvalue weighted by Crippen LogP contribution is 1.96. The molecule has 0 N–H and O–H groups in total. The van der Waals surface area contributed by atoms with Crippen LogP contribution in [0.15, 0.2) is 12.3 Å². The third-order valence-corrected chi connectivity index (χ3v) is 0.796. The fourth-order valence-electron chi connectivity index (χ4n) is 0.398. The molecule has 1 aromatic heterocycles. The van der Waals surface area contributed by atoms with Gasteiger partial charge in [-0.05, 0) is 6.07 Å². The highest BCUT2D eigenvalue weighted by atomic mass is 19.1. The molecule has 0 aliphatic carbocycles. The number of hydrogen-bond acceptors (Lipinski definition) is 3. The Morgan fingerprint density at radius 1 is 1.67 bits per heavy atom. The SMILES string of the molecule is N#Cc1ccnnc1F. The van der Waals surface area contributed by atoms with E-state index in [1.165, 1.54) is 12.3 Å². The summed E-state index contributed by atoms with van der Waals surface area (Å²) in [4.78, 5) is 0. The molecule has 1 aromatic rings. The molecule has 0 unspecified atom stereocenters. The smallest absolute Gasteiger partial charge is 0.192 e. The molecule has 0 bridgehead atoms. The molecule has 0 amide bonds. The molecular weight excluding hydrogens is 121 g/mol. The standard InChI is InChI=1S/C5H2FN3/c6-5-4(3-7)1-2-8-9-5/h1-2H. The van der Waals surface area contributed by atoms with Crippen molar-refractivity contribution in [3.8, 4) is 6.07 Å². The zero-order valence-corrected chi connectivity index (χ0v) is 4.37. The maximum Gasteiger partial charge on any atom is 0.250 e. The van der Waals surface area contributed by atoms with Crippen LogP contribution in [0.3, 0.4) is 0 Å². The van der Waals surface area contributed by atoms with Crippen molar-refractivity contribution in [1.29, 1.82) is 5.26 Å². The van der Waals surface area contributed by atoms with Gasteiger partial charge in [-0.15, -0.1) is 5.10 Å². The molecule has 0 saturated carbocycles. The van der Waals surface area contributed by atoms with Crippen molar-refractivity contribution in [2.75, 3.05) is 0 Å². The summed E-state index contributed by atoms with van der Waals surface area (Å²) in [6.45, 7) is 0. The van der Waals surface area contributed by atoms with Gasteiger partial charge in [0.2, 0.25) is 0 Å². The molecular formula is C5H2FN3. The van der Waals surface area contributed by atoms with Crippen LogP contribution in [0.1, 0.15) is 5.56 Å². The third kappa shape index (κ3) is 0.995. The van der Waals surface area contributed by atoms with Crippen LogP contribution >= 0.6 is 0 Å². The van der Waals surface area contributed by atoms with Gasteiger partial charge in [0, 0.05) is 0 Å². The van der Waals surface area contributed by atoms with Crippen LogP contribution in [0.2, 0.25) is 0 Å². The molecule has 3 nitrogen and oxygen atoms in total. The minimum absolute atomic E-state index is 0.0787. The van der Waals surface area contributed by atoms with Gasteiger partial charge in [-0.25, -0.2) is 0 Å². The Kier molecular flexibility index (Phi) is 1.36. The average molecular weight is 123 g/mol. The van der Waals surface area contributed by atoms with Gasteiger partial charge in [0.05, 0.1) is 6.20 Å². The van der Waals surface area contributed by atoms with Crippen LogP contribution in [0.5, 0.6) is 0 Å². The lowest BCUT2D eigenvalue weighted by Crippen LogP contribution is -1.89. The van der Waals surface area contributed by atoms with Gasteiger partial charge < -0.3 is 0 Å². The average Bonchev–Trinajstić information content (AvgIpc) is 1.89. The molecule has 0 atom stereocenters. The predicted molar refractivity (Wildman–Crippen MR) is 26.7 cm³/mol.